The molecule has 0 aliphatic heterocycles. The summed E-state index contributed by atoms with van der Waals surface area (Å²) in [5.74, 6) is -6.07. The Morgan fingerprint density at radius 1 is 0.676 bits per heavy atom. The second-order valence-corrected chi connectivity index (χ2v) is 6.47. The number of ketones is 1. The summed E-state index contributed by atoms with van der Waals surface area (Å²) in [7, 11) is 0. The van der Waals surface area contributed by atoms with Gasteiger partial charge in [0.2, 0.25) is 0 Å². The molecule has 0 amide bonds. The van der Waals surface area contributed by atoms with E-state index in [1.165, 1.54) is 18.2 Å². The van der Waals surface area contributed by atoms with Crippen LogP contribution in [0.3, 0.4) is 0 Å². The Kier molecular flexibility index (Phi) is 12.8. The smallest absolute Gasteiger partial charge is 1.00 e. The van der Waals surface area contributed by atoms with Crippen molar-refractivity contribution >= 4 is 29.3 Å². The Labute approximate surface area is 263 Å². The summed E-state index contributed by atoms with van der Waals surface area (Å²) in [6.07, 6.45) is 3.42. The average Bonchev–Trinajstić information content (AvgIpc) is 2.71. The Morgan fingerprint density at radius 2 is 1.12 bits per heavy atom. The third kappa shape index (κ3) is 6.94. The molecule has 0 radical (unpaired) electrons. The number of carboxylic acids is 3. The maximum atomic E-state index is 11.9. The first-order chi connectivity index (χ1) is 14.6. The molecule has 0 unspecified atom stereocenters. The van der Waals surface area contributed by atoms with Gasteiger partial charge in [-0.3, -0.25) is 4.79 Å². The molecule has 3 rings (SSSR count). The van der Waals surface area contributed by atoms with Crippen molar-refractivity contribution in [2.24, 2.45) is 0 Å². The number of hydrogen-bond donors (Lipinski definition) is 5. The Bertz CT molecular complexity index is 1210. The van der Waals surface area contributed by atoms with E-state index in [2.05, 4.69) is 0 Å². The number of allylic oxidation sites excluding steroid dienone is 4. The van der Waals surface area contributed by atoms with Crippen molar-refractivity contribution in [3.05, 3.63) is 88.0 Å². The van der Waals surface area contributed by atoms with E-state index in [1.54, 1.807) is 0 Å². The van der Waals surface area contributed by atoms with Crippen LogP contribution in [-0.2, 0) is 9.59 Å². The van der Waals surface area contributed by atoms with Gasteiger partial charge in [0.15, 0.2) is 5.78 Å². The summed E-state index contributed by atoms with van der Waals surface area (Å²) in [6, 6.07) is 7.22. The van der Waals surface area contributed by atoms with Crippen molar-refractivity contribution in [2.45, 2.75) is 0 Å². The van der Waals surface area contributed by atoms with Crippen LogP contribution >= 0.6 is 0 Å². The minimum absolute atomic E-state index is 0. The van der Waals surface area contributed by atoms with E-state index in [1.807, 2.05) is 0 Å². The largest absolute Gasteiger partial charge is 1.00 e. The quantitative estimate of drug-likeness (QED) is 0.201. The molecule has 0 aromatic heterocycles. The normalized spacial score (nSPS) is 11.8. The minimum Gasteiger partial charge on any atom is -1.00 e. The Hall–Kier alpha value is -1.66. The molecule has 2 aromatic carbocycles. The second kappa shape index (κ2) is 13.4. The summed E-state index contributed by atoms with van der Waals surface area (Å²) in [6.45, 7) is 0. The third-order valence-electron chi connectivity index (χ3n) is 4.53. The molecule has 1 aliphatic rings. The predicted octanol–water partition coefficient (Wildman–Crippen LogP) is -6.20. The molecule has 2 aromatic rings. The van der Waals surface area contributed by atoms with Gasteiger partial charge in [-0.1, -0.05) is 18.2 Å². The fourth-order valence-electron chi connectivity index (χ4n) is 3.08. The van der Waals surface area contributed by atoms with Crippen molar-refractivity contribution in [1.82, 2.24) is 0 Å². The zero-order chi connectivity index (χ0) is 22.9. The number of benzene rings is 2. The first-order valence-corrected chi connectivity index (χ1v) is 8.65. The first kappa shape index (κ1) is 32.3. The van der Waals surface area contributed by atoms with E-state index in [0.717, 1.165) is 36.4 Å². The Balaban J connectivity index is -0.000000907. The summed E-state index contributed by atoms with van der Waals surface area (Å²) >= 11 is 0. The van der Waals surface area contributed by atoms with Gasteiger partial charge >= 0.3 is 107 Å². The summed E-state index contributed by atoms with van der Waals surface area (Å²) in [4.78, 5) is 46.2. The van der Waals surface area contributed by atoms with Crippen LogP contribution in [0.2, 0.25) is 0 Å². The molecule has 0 spiro atoms. The van der Waals surface area contributed by atoms with E-state index in [9.17, 15) is 44.7 Å². The molecule has 0 bridgehead atoms. The van der Waals surface area contributed by atoms with Crippen LogP contribution < -0.4 is 88.7 Å². The number of rotatable bonds is 5. The van der Waals surface area contributed by atoms with E-state index in [-0.39, 0.29) is 115 Å². The molecule has 162 valence electrons. The number of carboxylic acid groups (broad SMARTS) is 3. The molecular formula is C22H17Na3O9. The monoisotopic (exact) mass is 494 g/mol. The average molecular weight is 494 g/mol. The first-order valence-electron chi connectivity index (χ1n) is 8.65. The Morgan fingerprint density at radius 3 is 1.50 bits per heavy atom. The zero-order valence-corrected chi connectivity index (χ0v) is 24.6. The van der Waals surface area contributed by atoms with Gasteiger partial charge in [0.05, 0.1) is 0 Å². The van der Waals surface area contributed by atoms with Crippen LogP contribution in [0.1, 0.15) is 36.1 Å². The number of aliphatic carboxylic acids is 1. The van der Waals surface area contributed by atoms with Crippen molar-refractivity contribution in [1.29, 1.82) is 0 Å². The van der Waals surface area contributed by atoms with Crippen LogP contribution in [0, 0.1) is 0 Å². The van der Waals surface area contributed by atoms with E-state index < -0.39 is 51.9 Å². The van der Waals surface area contributed by atoms with Gasteiger partial charge in [-0.25, -0.2) is 14.4 Å². The van der Waals surface area contributed by atoms with Gasteiger partial charge in [0.1, 0.15) is 28.2 Å². The number of aromatic hydroxyl groups is 2. The molecule has 0 fully saturated rings. The zero-order valence-electron chi connectivity index (χ0n) is 21.6. The topological polar surface area (TPSA) is 169 Å². The SMILES string of the molecule is O=C(O)C1=CC(=C(c2ccc(O)c(C(=O)O)c2)c2ccc(O)c(C(=O)O)c2)C=CC1=O.[H-].[H-].[H-].[Na+].[Na+].[Na+]. The van der Waals surface area contributed by atoms with E-state index >= 15 is 0 Å². The number of carbonyl (C=O) groups excluding carboxylic acids is 1. The molecule has 0 heterocycles. The summed E-state index contributed by atoms with van der Waals surface area (Å²) < 4.78 is 0. The van der Waals surface area contributed by atoms with Gasteiger partial charge in [-0.2, -0.15) is 0 Å². The molecule has 9 nitrogen and oxygen atoms in total. The van der Waals surface area contributed by atoms with Crippen LogP contribution in [0.5, 0.6) is 11.5 Å². The number of hydrogen-bond acceptors (Lipinski definition) is 6. The third-order valence-corrected chi connectivity index (χ3v) is 4.53. The second-order valence-electron chi connectivity index (χ2n) is 6.47. The van der Waals surface area contributed by atoms with Crippen LogP contribution in [0.4, 0.5) is 0 Å². The molecule has 34 heavy (non-hydrogen) atoms. The van der Waals surface area contributed by atoms with Crippen molar-refractivity contribution < 1.29 is 138 Å². The molecule has 0 saturated heterocycles. The van der Waals surface area contributed by atoms with Gasteiger partial charge in [0, 0.05) is 0 Å². The molecule has 5 N–H and O–H groups in total. The molecule has 0 atom stereocenters. The van der Waals surface area contributed by atoms with E-state index in [4.69, 9.17) is 0 Å². The van der Waals surface area contributed by atoms with Crippen molar-refractivity contribution in [3.63, 3.8) is 0 Å². The fourth-order valence-corrected chi connectivity index (χ4v) is 3.08. The number of aromatic carboxylic acids is 2. The van der Waals surface area contributed by atoms with Gasteiger partial charge in [-0.05, 0) is 58.7 Å². The van der Waals surface area contributed by atoms with Gasteiger partial charge in [-0.15, -0.1) is 0 Å². The molecule has 1 aliphatic carbocycles. The number of carbonyl (C=O) groups is 4. The maximum absolute atomic E-state index is 11.9. The standard InChI is InChI=1S/C22H14O9.3Na.3H/c23-16-4-1-10(7-13(16)20(26)27)19(11-2-5-17(24)14(8-11)21(28)29)12-3-6-18(25)15(9-12)22(30)31;;;;;;/h1-9,23-24H,(H,26,27)(H,28,29)(H,30,31);;;;;;/q;3*+1;3*-1. The summed E-state index contributed by atoms with van der Waals surface area (Å²) in [5.41, 5.74) is -0.644. The maximum Gasteiger partial charge on any atom is 1.00 e. The number of phenols is 2. The van der Waals surface area contributed by atoms with Crippen LogP contribution in [-0.4, -0.2) is 49.2 Å². The van der Waals surface area contributed by atoms with Gasteiger partial charge < -0.3 is 29.8 Å². The van der Waals surface area contributed by atoms with Crippen LogP contribution in [0.15, 0.2) is 65.8 Å². The summed E-state index contributed by atoms with van der Waals surface area (Å²) in [5, 5.41) is 47.6. The van der Waals surface area contributed by atoms with Gasteiger partial charge in [0.25, 0.3) is 0 Å². The molecular weight excluding hydrogens is 477 g/mol. The van der Waals surface area contributed by atoms with Crippen LogP contribution in [0.25, 0.3) is 5.57 Å². The van der Waals surface area contributed by atoms with Crippen molar-refractivity contribution in [2.75, 3.05) is 0 Å². The molecule has 12 heteroatoms. The fraction of sp³-hybridized carbons (Fsp3) is 0. The molecule has 0 saturated carbocycles. The van der Waals surface area contributed by atoms with Crippen molar-refractivity contribution in [3.8, 4) is 11.5 Å². The minimum atomic E-state index is -1.47. The van der Waals surface area contributed by atoms with E-state index in [0.29, 0.717) is 0 Å². The predicted molar refractivity (Wildman–Crippen MR) is 109 cm³/mol.